The molecule has 1 aliphatic rings. The molecule has 2 N–H and O–H groups in total. The summed E-state index contributed by atoms with van der Waals surface area (Å²) in [5.74, 6) is -1.24. The van der Waals surface area contributed by atoms with E-state index in [1.807, 2.05) is 43.4 Å². The number of nitrogens with zero attached hydrogens (tertiary/aromatic N) is 1. The van der Waals surface area contributed by atoms with Crippen molar-refractivity contribution in [1.82, 2.24) is 4.57 Å². The number of aliphatic hydroxyl groups is 2. The molecule has 3 aromatic rings. The normalized spacial score (nSPS) is 24.7. The quantitative estimate of drug-likeness (QED) is 0.536. The molecule has 8 nitrogen and oxygen atoms in total. The fourth-order valence-corrected chi connectivity index (χ4v) is 4.60. The minimum atomic E-state index is -1.35. The Bertz CT molecular complexity index is 1190. The highest BCUT2D eigenvalue weighted by Crippen LogP contribution is 2.36. The van der Waals surface area contributed by atoms with E-state index in [0.717, 1.165) is 22.2 Å². The molecule has 1 saturated heterocycles. The third kappa shape index (κ3) is 4.84. The van der Waals surface area contributed by atoms with Crippen LogP contribution in [0.25, 0.3) is 10.9 Å². The standard InChI is InChI=1S/C26H29NO7/c1-15(29)32-25-23(31)22(14-28)34-24(26(25)33-16(2)30)19-9-6-7-17(11-19)12-20-13-18-8-4-5-10-21(18)27(20)3/h4-11,13,22-26,28,31H,12,14H2,1-3H3/t22-,23-,24?,25?,26+/m1/s1. The van der Waals surface area contributed by atoms with Gasteiger partial charge < -0.3 is 29.0 Å². The lowest BCUT2D eigenvalue weighted by molar-refractivity contribution is -0.247. The fraction of sp³-hybridized carbons (Fsp3) is 0.385. The first-order valence-corrected chi connectivity index (χ1v) is 11.2. The van der Waals surface area contributed by atoms with Gasteiger partial charge in [0.15, 0.2) is 12.2 Å². The van der Waals surface area contributed by atoms with E-state index in [-0.39, 0.29) is 0 Å². The van der Waals surface area contributed by atoms with E-state index in [4.69, 9.17) is 14.2 Å². The summed E-state index contributed by atoms with van der Waals surface area (Å²) in [6, 6.07) is 17.9. The molecule has 180 valence electrons. The summed E-state index contributed by atoms with van der Waals surface area (Å²) in [5, 5.41) is 21.5. The van der Waals surface area contributed by atoms with Crippen LogP contribution in [0, 0.1) is 0 Å². The number of para-hydroxylation sites is 1. The van der Waals surface area contributed by atoms with Crippen molar-refractivity contribution in [2.45, 2.75) is 50.8 Å². The lowest BCUT2D eigenvalue weighted by Gasteiger charge is -2.43. The maximum absolute atomic E-state index is 11.9. The average molecular weight is 468 g/mol. The second-order valence-corrected chi connectivity index (χ2v) is 8.59. The van der Waals surface area contributed by atoms with Gasteiger partial charge >= 0.3 is 11.9 Å². The number of benzene rings is 2. The summed E-state index contributed by atoms with van der Waals surface area (Å²) in [6.07, 6.45) is -4.81. The summed E-state index contributed by atoms with van der Waals surface area (Å²) in [6.45, 7) is 1.96. The van der Waals surface area contributed by atoms with Crippen molar-refractivity contribution in [3.63, 3.8) is 0 Å². The molecule has 2 heterocycles. The molecule has 0 bridgehead atoms. The number of hydrogen-bond donors (Lipinski definition) is 2. The summed E-state index contributed by atoms with van der Waals surface area (Å²) in [4.78, 5) is 23.6. The number of carbonyl (C=O) groups is 2. The van der Waals surface area contributed by atoms with Crippen LogP contribution in [-0.4, -0.2) is 57.7 Å². The van der Waals surface area contributed by atoms with E-state index < -0.39 is 49.1 Å². The van der Waals surface area contributed by atoms with Crippen LogP contribution >= 0.6 is 0 Å². The third-order valence-corrected chi connectivity index (χ3v) is 6.16. The number of aliphatic hydroxyl groups excluding tert-OH is 2. The molecule has 8 heteroatoms. The number of aryl methyl sites for hydroxylation is 1. The minimum absolute atomic E-state index is 0.488. The Morgan fingerprint density at radius 3 is 2.38 bits per heavy atom. The molecule has 0 aliphatic carbocycles. The smallest absolute Gasteiger partial charge is 0.303 e. The molecule has 1 fully saturated rings. The molecular formula is C26H29NO7. The van der Waals surface area contributed by atoms with Crippen molar-refractivity contribution < 1.29 is 34.0 Å². The number of rotatable bonds is 6. The monoisotopic (exact) mass is 467 g/mol. The topological polar surface area (TPSA) is 107 Å². The van der Waals surface area contributed by atoms with E-state index in [1.165, 1.54) is 13.8 Å². The van der Waals surface area contributed by atoms with Gasteiger partial charge in [-0.3, -0.25) is 9.59 Å². The molecule has 34 heavy (non-hydrogen) atoms. The first kappa shape index (κ1) is 23.9. The molecular weight excluding hydrogens is 438 g/mol. The highest BCUT2D eigenvalue weighted by molar-refractivity contribution is 5.81. The Kier molecular flexibility index (Phi) is 7.02. The van der Waals surface area contributed by atoms with E-state index in [0.29, 0.717) is 12.0 Å². The van der Waals surface area contributed by atoms with Crippen molar-refractivity contribution in [1.29, 1.82) is 0 Å². The molecule has 0 spiro atoms. The summed E-state index contributed by atoms with van der Waals surface area (Å²) < 4.78 is 18.9. The van der Waals surface area contributed by atoms with Gasteiger partial charge in [-0.25, -0.2) is 0 Å². The predicted octanol–water partition coefficient (Wildman–Crippen LogP) is 2.43. The van der Waals surface area contributed by atoms with Crippen molar-refractivity contribution >= 4 is 22.8 Å². The molecule has 0 amide bonds. The first-order chi connectivity index (χ1) is 16.3. The Labute approximate surface area is 197 Å². The lowest BCUT2D eigenvalue weighted by atomic mass is 9.90. The molecule has 0 saturated carbocycles. The highest BCUT2D eigenvalue weighted by atomic mass is 16.6. The van der Waals surface area contributed by atoms with Gasteiger partial charge in [0.1, 0.15) is 18.3 Å². The zero-order valence-corrected chi connectivity index (χ0v) is 19.4. The Morgan fingerprint density at radius 1 is 1.00 bits per heavy atom. The van der Waals surface area contributed by atoms with E-state index >= 15 is 0 Å². The number of carbonyl (C=O) groups excluding carboxylic acids is 2. The Hall–Kier alpha value is -3.20. The van der Waals surface area contributed by atoms with Gasteiger partial charge in [-0.1, -0.05) is 42.5 Å². The van der Waals surface area contributed by atoms with Crippen molar-refractivity contribution in [3.8, 4) is 0 Å². The van der Waals surface area contributed by atoms with Crippen LogP contribution in [-0.2, 0) is 37.3 Å². The van der Waals surface area contributed by atoms with Crippen LogP contribution in [0.4, 0.5) is 0 Å². The van der Waals surface area contributed by atoms with E-state index in [2.05, 4.69) is 22.8 Å². The zero-order chi connectivity index (χ0) is 24.4. The van der Waals surface area contributed by atoms with Gasteiger partial charge in [0.05, 0.1) is 6.61 Å². The van der Waals surface area contributed by atoms with Gasteiger partial charge in [-0.15, -0.1) is 0 Å². The molecule has 1 aliphatic heterocycles. The van der Waals surface area contributed by atoms with Gasteiger partial charge in [0.25, 0.3) is 0 Å². The number of fused-ring (bicyclic) bond motifs is 1. The summed E-state index contributed by atoms with van der Waals surface area (Å²) in [7, 11) is 2.03. The average Bonchev–Trinajstić information content (AvgIpc) is 3.11. The van der Waals surface area contributed by atoms with Crippen LogP contribution < -0.4 is 0 Å². The van der Waals surface area contributed by atoms with Crippen molar-refractivity contribution in [2.24, 2.45) is 7.05 Å². The zero-order valence-electron chi connectivity index (χ0n) is 19.4. The minimum Gasteiger partial charge on any atom is -0.456 e. The van der Waals surface area contributed by atoms with Crippen molar-refractivity contribution in [3.05, 3.63) is 71.4 Å². The second-order valence-electron chi connectivity index (χ2n) is 8.59. The van der Waals surface area contributed by atoms with E-state index in [9.17, 15) is 19.8 Å². The number of hydrogen-bond acceptors (Lipinski definition) is 7. The van der Waals surface area contributed by atoms with Crippen LogP contribution in [0.5, 0.6) is 0 Å². The number of ether oxygens (including phenoxy) is 3. The Balaban J connectivity index is 1.68. The van der Waals surface area contributed by atoms with Crippen molar-refractivity contribution in [2.75, 3.05) is 6.61 Å². The number of esters is 2. The fourth-order valence-electron chi connectivity index (χ4n) is 4.60. The predicted molar refractivity (Wildman–Crippen MR) is 124 cm³/mol. The summed E-state index contributed by atoms with van der Waals surface area (Å²) in [5.41, 5.74) is 3.96. The second kappa shape index (κ2) is 9.97. The number of aromatic nitrogens is 1. The Morgan fingerprint density at radius 2 is 1.71 bits per heavy atom. The molecule has 1 aromatic heterocycles. The maximum atomic E-state index is 11.9. The largest absolute Gasteiger partial charge is 0.456 e. The molecule has 2 unspecified atom stereocenters. The third-order valence-electron chi connectivity index (χ3n) is 6.16. The highest BCUT2D eigenvalue weighted by Gasteiger charge is 2.49. The molecule has 0 radical (unpaired) electrons. The first-order valence-electron chi connectivity index (χ1n) is 11.2. The molecule has 4 rings (SSSR count). The van der Waals surface area contributed by atoms with Crippen LogP contribution in [0.3, 0.4) is 0 Å². The van der Waals surface area contributed by atoms with Gasteiger partial charge in [0.2, 0.25) is 0 Å². The van der Waals surface area contributed by atoms with Crippen LogP contribution in [0.1, 0.15) is 36.8 Å². The SMILES string of the molecule is CC(=O)OC1[C@@H](OC(C)=O)C(c2cccc(Cc3cc4ccccc4n3C)c2)O[C@H](CO)[C@H]1O. The van der Waals surface area contributed by atoms with Crippen LogP contribution in [0.2, 0.25) is 0 Å². The van der Waals surface area contributed by atoms with E-state index in [1.54, 1.807) is 0 Å². The summed E-state index contributed by atoms with van der Waals surface area (Å²) >= 11 is 0. The van der Waals surface area contributed by atoms with Gasteiger partial charge in [-0.05, 0) is 28.6 Å². The van der Waals surface area contributed by atoms with Crippen LogP contribution in [0.15, 0.2) is 54.6 Å². The maximum Gasteiger partial charge on any atom is 0.303 e. The van der Waals surface area contributed by atoms with Gasteiger partial charge in [-0.2, -0.15) is 0 Å². The van der Waals surface area contributed by atoms with Gasteiger partial charge in [0, 0.05) is 38.5 Å². The molecule has 5 atom stereocenters. The molecule has 2 aromatic carbocycles. The lowest BCUT2D eigenvalue weighted by Crippen LogP contribution is -2.58.